The van der Waals surface area contributed by atoms with Gasteiger partial charge >= 0.3 is 0 Å². The van der Waals surface area contributed by atoms with E-state index in [4.69, 9.17) is 0 Å². The van der Waals surface area contributed by atoms with E-state index in [2.05, 4.69) is 13.2 Å². The first kappa shape index (κ1) is 11.9. The number of rotatable bonds is 2. The van der Waals surface area contributed by atoms with Crippen molar-refractivity contribution in [1.82, 2.24) is 0 Å². The first-order valence-electron chi connectivity index (χ1n) is 3.31. The van der Waals surface area contributed by atoms with Crippen molar-refractivity contribution in [3.8, 4) is 0 Å². The Morgan fingerprint density at radius 1 is 1.20 bits per heavy atom. The topological polar surface area (TPSA) is 0 Å². The molecule has 0 radical (unpaired) electrons. The van der Waals surface area contributed by atoms with Gasteiger partial charge < -0.3 is 0 Å². The maximum Gasteiger partial charge on any atom is 0.116 e. The lowest BCUT2D eigenvalue weighted by Crippen LogP contribution is -1.61. The molecule has 0 aliphatic heterocycles. The van der Waals surface area contributed by atoms with E-state index < -0.39 is 5.83 Å². The predicted octanol–water partition coefficient (Wildman–Crippen LogP) is 3.63. The average Bonchev–Trinajstić information content (AvgIpc) is 1.89. The fourth-order valence-electron chi connectivity index (χ4n) is 0.233. The molecule has 0 amide bonds. The van der Waals surface area contributed by atoms with E-state index in [0.717, 1.165) is 5.57 Å². The van der Waals surface area contributed by atoms with Crippen LogP contribution >= 0.6 is 0 Å². The van der Waals surface area contributed by atoms with E-state index in [1.54, 1.807) is 13.0 Å². The molecular weight excluding hydrogens is 127 g/mol. The molecule has 0 nitrogen and oxygen atoms in total. The number of hydrogen-bond donors (Lipinski definition) is 0. The summed E-state index contributed by atoms with van der Waals surface area (Å²) in [5.74, 6) is -0.437. The van der Waals surface area contributed by atoms with Crippen LogP contribution in [0.5, 0.6) is 0 Å². The van der Waals surface area contributed by atoms with Gasteiger partial charge in [0.15, 0.2) is 0 Å². The predicted molar refractivity (Wildman–Crippen MR) is 45.6 cm³/mol. The summed E-state index contributed by atoms with van der Waals surface area (Å²) in [7, 11) is 0. The molecule has 0 spiro atoms. The number of halogens is 1. The maximum atomic E-state index is 11.7. The van der Waals surface area contributed by atoms with Crippen molar-refractivity contribution in [2.45, 2.75) is 20.8 Å². The summed E-state index contributed by atoms with van der Waals surface area (Å²) in [4.78, 5) is 0. The minimum atomic E-state index is -0.437. The van der Waals surface area contributed by atoms with E-state index in [1.165, 1.54) is 6.08 Å². The van der Waals surface area contributed by atoms with E-state index in [-0.39, 0.29) is 0 Å². The fraction of sp³-hybridized carbons (Fsp3) is 0.333. The lowest BCUT2D eigenvalue weighted by Gasteiger charge is -1.81. The standard InChI is InChI=1S/C7H9F.C2H6/c1-6(2)4-5-7(3)8;1-2/h4-5H,1,3H2,2H3;1-2H3/b5-4-;. The molecule has 0 aromatic heterocycles. The van der Waals surface area contributed by atoms with E-state index >= 15 is 0 Å². The van der Waals surface area contributed by atoms with Crippen LogP contribution in [0.15, 0.2) is 36.7 Å². The Labute approximate surface area is 62.8 Å². The molecule has 0 aromatic rings. The lowest BCUT2D eigenvalue weighted by molar-refractivity contribution is 0.671. The van der Waals surface area contributed by atoms with Gasteiger partial charge in [0.25, 0.3) is 0 Å². The van der Waals surface area contributed by atoms with Gasteiger partial charge in [0, 0.05) is 0 Å². The van der Waals surface area contributed by atoms with Gasteiger partial charge in [-0.2, -0.15) is 0 Å². The highest BCUT2D eigenvalue weighted by molar-refractivity contribution is 5.18. The molecule has 0 unspecified atom stereocenters. The number of allylic oxidation sites excluding steroid dienone is 4. The average molecular weight is 142 g/mol. The third-order valence-corrected chi connectivity index (χ3v) is 0.549. The first-order valence-corrected chi connectivity index (χ1v) is 3.31. The van der Waals surface area contributed by atoms with Gasteiger partial charge in [-0.1, -0.05) is 38.7 Å². The van der Waals surface area contributed by atoms with Crippen LogP contribution in [0, 0.1) is 0 Å². The molecule has 0 atom stereocenters. The summed E-state index contributed by atoms with van der Waals surface area (Å²) in [5.41, 5.74) is 0.823. The van der Waals surface area contributed by atoms with Gasteiger partial charge in [-0.3, -0.25) is 0 Å². The van der Waals surface area contributed by atoms with Crippen LogP contribution in [-0.2, 0) is 0 Å². The van der Waals surface area contributed by atoms with Crippen LogP contribution in [0.3, 0.4) is 0 Å². The normalized spacial score (nSPS) is 8.40. The molecule has 0 rings (SSSR count). The van der Waals surface area contributed by atoms with Crippen molar-refractivity contribution >= 4 is 0 Å². The first-order chi connectivity index (χ1) is 4.63. The van der Waals surface area contributed by atoms with Crippen LogP contribution in [0.2, 0.25) is 0 Å². The molecule has 0 saturated carbocycles. The van der Waals surface area contributed by atoms with Gasteiger partial charge in [-0.15, -0.1) is 0 Å². The summed E-state index contributed by atoms with van der Waals surface area (Å²) >= 11 is 0. The second-order valence-corrected chi connectivity index (χ2v) is 1.63. The van der Waals surface area contributed by atoms with Crippen molar-refractivity contribution in [1.29, 1.82) is 0 Å². The van der Waals surface area contributed by atoms with Gasteiger partial charge in [-0.25, -0.2) is 4.39 Å². The zero-order valence-corrected chi connectivity index (χ0v) is 6.95. The molecule has 0 N–H and O–H groups in total. The molecule has 58 valence electrons. The highest BCUT2D eigenvalue weighted by Crippen LogP contribution is 1.96. The van der Waals surface area contributed by atoms with Gasteiger partial charge in [0.1, 0.15) is 5.83 Å². The molecular formula is C9H15F. The minimum absolute atomic E-state index is 0.437. The van der Waals surface area contributed by atoms with Crippen LogP contribution in [0.1, 0.15) is 20.8 Å². The smallest absolute Gasteiger partial charge is 0.116 e. The van der Waals surface area contributed by atoms with Crippen molar-refractivity contribution in [3.63, 3.8) is 0 Å². The summed E-state index contributed by atoms with van der Waals surface area (Å²) < 4.78 is 11.7. The van der Waals surface area contributed by atoms with Crippen molar-refractivity contribution in [2.75, 3.05) is 0 Å². The van der Waals surface area contributed by atoms with Gasteiger partial charge in [0.05, 0.1) is 0 Å². The second-order valence-electron chi connectivity index (χ2n) is 1.63. The lowest BCUT2D eigenvalue weighted by atomic mass is 10.3. The third-order valence-electron chi connectivity index (χ3n) is 0.549. The summed E-state index contributed by atoms with van der Waals surface area (Å²) in [6.07, 6.45) is 2.85. The van der Waals surface area contributed by atoms with E-state index in [0.29, 0.717) is 0 Å². The number of hydrogen-bond acceptors (Lipinski definition) is 0. The molecule has 0 fully saturated rings. The quantitative estimate of drug-likeness (QED) is 0.516. The van der Waals surface area contributed by atoms with Crippen LogP contribution in [0.4, 0.5) is 4.39 Å². The minimum Gasteiger partial charge on any atom is -0.208 e. The molecule has 10 heavy (non-hydrogen) atoms. The summed E-state index contributed by atoms with van der Waals surface area (Å²) in [5, 5.41) is 0. The SMILES string of the molecule is C=C(C)/C=C\C(=C)F.CC. The Morgan fingerprint density at radius 2 is 1.60 bits per heavy atom. The highest BCUT2D eigenvalue weighted by atomic mass is 19.1. The molecule has 0 saturated heterocycles. The largest absolute Gasteiger partial charge is 0.208 e. The monoisotopic (exact) mass is 142 g/mol. The van der Waals surface area contributed by atoms with Gasteiger partial charge in [-0.05, 0) is 13.0 Å². The van der Waals surface area contributed by atoms with Gasteiger partial charge in [0.2, 0.25) is 0 Å². The highest BCUT2D eigenvalue weighted by Gasteiger charge is 1.76. The Morgan fingerprint density at radius 3 is 1.70 bits per heavy atom. The van der Waals surface area contributed by atoms with Crippen molar-refractivity contribution < 1.29 is 4.39 Å². The Balaban J connectivity index is 0. The maximum absolute atomic E-state index is 11.7. The molecule has 0 aliphatic carbocycles. The molecule has 0 bridgehead atoms. The van der Waals surface area contributed by atoms with Crippen LogP contribution in [-0.4, -0.2) is 0 Å². The summed E-state index contributed by atoms with van der Waals surface area (Å²) in [6, 6.07) is 0. The third kappa shape index (κ3) is 15.7. The Bertz CT molecular complexity index is 116. The van der Waals surface area contributed by atoms with Crippen LogP contribution < -0.4 is 0 Å². The van der Waals surface area contributed by atoms with Crippen LogP contribution in [0.25, 0.3) is 0 Å². The molecule has 0 heterocycles. The second kappa shape index (κ2) is 8.15. The summed E-state index contributed by atoms with van der Waals surface area (Å²) in [6.45, 7) is 12.4. The zero-order chi connectivity index (χ0) is 8.57. The van der Waals surface area contributed by atoms with E-state index in [1.807, 2.05) is 13.8 Å². The van der Waals surface area contributed by atoms with E-state index in [9.17, 15) is 4.39 Å². The molecule has 0 aliphatic rings. The molecule has 1 heteroatoms. The fourth-order valence-corrected chi connectivity index (χ4v) is 0.233. The zero-order valence-electron chi connectivity index (χ0n) is 6.95. The van der Waals surface area contributed by atoms with Crippen molar-refractivity contribution in [2.24, 2.45) is 0 Å². The Kier molecular flexibility index (Phi) is 9.69. The Hall–Kier alpha value is -0.850. The van der Waals surface area contributed by atoms with Crippen molar-refractivity contribution in [3.05, 3.63) is 36.7 Å². The molecule has 0 aromatic carbocycles.